The van der Waals surface area contributed by atoms with Crippen molar-refractivity contribution in [2.75, 3.05) is 38.7 Å². The number of benzene rings is 1. The molecule has 0 saturated carbocycles. The van der Waals surface area contributed by atoms with Crippen molar-refractivity contribution in [2.45, 2.75) is 58.0 Å². The van der Waals surface area contributed by atoms with Crippen molar-refractivity contribution >= 4 is 29.1 Å². The van der Waals surface area contributed by atoms with Gasteiger partial charge in [-0.25, -0.2) is 14.8 Å². The Labute approximate surface area is 263 Å². The number of pyridine rings is 1. The molecule has 1 aromatic heterocycles. The smallest absolute Gasteiger partial charge is 0.680 e. The minimum Gasteiger partial charge on any atom is -0.680 e. The van der Waals surface area contributed by atoms with Gasteiger partial charge in [-0.2, -0.15) is 7.05 Å². The number of piperidine rings is 1. The van der Waals surface area contributed by atoms with Crippen LogP contribution in [0, 0.1) is 6.92 Å². The van der Waals surface area contributed by atoms with Gasteiger partial charge in [0.15, 0.2) is 0 Å². The molecular weight excluding hydrogens is 704 g/mol. The molecule has 0 unspecified atom stereocenters. The second-order valence-electron chi connectivity index (χ2n) is 10.1. The second-order valence-corrected chi connectivity index (χ2v) is 10.1. The van der Waals surface area contributed by atoms with E-state index in [9.17, 15) is 4.79 Å². The van der Waals surface area contributed by atoms with Crippen LogP contribution in [0.2, 0.25) is 0 Å². The molecule has 4 aliphatic rings. The quantitative estimate of drug-likeness (QED) is 0.120. The van der Waals surface area contributed by atoms with Gasteiger partial charge < -0.3 is 30.2 Å². The van der Waals surface area contributed by atoms with E-state index in [0.29, 0.717) is 31.7 Å². The summed E-state index contributed by atoms with van der Waals surface area (Å²) in [5.41, 5.74) is 9.18. The van der Waals surface area contributed by atoms with Crippen molar-refractivity contribution < 1.29 is 40.1 Å². The minimum absolute atomic E-state index is 0. The van der Waals surface area contributed by atoms with Crippen LogP contribution in [0.25, 0.3) is 11.1 Å². The van der Waals surface area contributed by atoms with Gasteiger partial charge in [0.2, 0.25) is 0 Å². The van der Waals surface area contributed by atoms with Gasteiger partial charge in [0.1, 0.15) is 28.8 Å². The number of anilines is 1. The number of aryl methyl sites for hydroxylation is 1. The van der Waals surface area contributed by atoms with E-state index in [1.165, 1.54) is 19.9 Å². The van der Waals surface area contributed by atoms with E-state index in [0.717, 1.165) is 65.9 Å². The van der Waals surface area contributed by atoms with Crippen LogP contribution in [-0.4, -0.2) is 55.2 Å². The zero-order valence-corrected chi connectivity index (χ0v) is 27.6. The number of likely N-dealkylation sites (tertiary alicyclic amines) is 1. The Morgan fingerprint density at radius 1 is 1.29 bits per heavy atom. The van der Waals surface area contributed by atoms with Gasteiger partial charge in [0.05, 0.1) is 0 Å². The third-order valence-electron chi connectivity index (χ3n) is 7.22. The van der Waals surface area contributed by atoms with E-state index in [2.05, 4.69) is 39.0 Å². The van der Waals surface area contributed by atoms with Gasteiger partial charge in [-0.05, 0) is 50.5 Å². The van der Waals surface area contributed by atoms with Crippen LogP contribution < -0.4 is 10.1 Å². The number of nitrogens with zero attached hydrogens (tertiary/aromatic N) is 4. The normalized spacial score (nSPS) is 17.8. The molecule has 2 N–H and O–H groups in total. The number of hydrogen-bond donors (Lipinski definition) is 1. The van der Waals surface area contributed by atoms with Gasteiger partial charge in [0.25, 0.3) is 0 Å². The molecule has 42 heavy (non-hydrogen) atoms. The number of carbonyl (C=O) groups is 1. The number of allylic oxidation sites excluding steroid dienone is 1. The zero-order valence-electron chi connectivity index (χ0n) is 24.6. The molecule has 1 amide bonds. The third-order valence-corrected chi connectivity index (χ3v) is 7.22. The number of hydrogen-bond acceptors (Lipinski definition) is 6. The van der Waals surface area contributed by atoms with Crippen molar-refractivity contribution in [1.29, 1.82) is 0 Å². The maximum absolute atomic E-state index is 12.2. The fourth-order valence-electron chi connectivity index (χ4n) is 5.20. The molecule has 1 aromatic carbocycles. The van der Waals surface area contributed by atoms with Crippen molar-refractivity contribution in [1.82, 2.24) is 9.88 Å². The summed E-state index contributed by atoms with van der Waals surface area (Å²) in [6.45, 7) is 11.3. The Morgan fingerprint density at radius 2 is 2.02 bits per heavy atom. The molecule has 2 fully saturated rings. The predicted molar refractivity (Wildman–Crippen MR) is 162 cm³/mol. The maximum Gasteiger partial charge on any atom is 2.00 e. The molecule has 4 aliphatic heterocycles. The Kier molecular flexibility index (Phi) is 12.6. The molecule has 2 saturated heterocycles. The average molecular weight is 745 g/mol. The van der Waals surface area contributed by atoms with Crippen LogP contribution in [0.5, 0.6) is 5.75 Å². The first kappa shape index (κ1) is 33.3. The van der Waals surface area contributed by atoms with Crippen LogP contribution >= 0.6 is 0 Å². The van der Waals surface area contributed by atoms with Crippen LogP contribution in [0.15, 0.2) is 60.1 Å². The van der Waals surface area contributed by atoms with E-state index in [1.54, 1.807) is 12.4 Å². The van der Waals surface area contributed by atoms with Crippen LogP contribution in [0.4, 0.5) is 22.0 Å². The molecule has 2 aromatic rings. The average Bonchev–Trinajstić information content (AvgIpc) is 3.50. The molecule has 1 spiro atoms. The number of ether oxygens (including phenoxy) is 3. The monoisotopic (exact) mass is 744 g/mol. The van der Waals surface area contributed by atoms with E-state index in [4.69, 9.17) is 19.9 Å². The largest absolute Gasteiger partial charge is 2.00 e. The number of amidine groups is 1. The van der Waals surface area contributed by atoms with Crippen molar-refractivity contribution in [3.05, 3.63) is 77.3 Å². The molecule has 0 radical (unpaired) electrons. The number of carbonyl (C=O) groups excluding carboxylic acids is 1. The third kappa shape index (κ3) is 8.21. The fourth-order valence-corrected chi connectivity index (χ4v) is 5.20. The van der Waals surface area contributed by atoms with E-state index in [-0.39, 0.29) is 21.1 Å². The zero-order chi connectivity index (χ0) is 29.2. The van der Waals surface area contributed by atoms with Gasteiger partial charge >= 0.3 is 27.2 Å². The number of aliphatic imine (C=N–C) groups is 1. The molecule has 6 rings (SSSR count). The SMILES string of the molecule is C1CCOC1.C=CN=C(/C=C(\CCC)Oc1cc(C)c2c(c1)[N-]2)N1CCC2(CC1)OC(=O)Nc1ncccc12.C[NH-].[W+2]. The number of nitrogens with one attached hydrogen (secondary N) is 2. The van der Waals surface area contributed by atoms with Crippen molar-refractivity contribution in [3.8, 4) is 5.75 Å². The maximum atomic E-state index is 12.2. The van der Waals surface area contributed by atoms with Crippen LogP contribution in [0.1, 0.15) is 56.6 Å². The van der Waals surface area contributed by atoms with E-state index < -0.39 is 11.7 Å². The van der Waals surface area contributed by atoms with Crippen LogP contribution in [0.3, 0.4) is 0 Å². The van der Waals surface area contributed by atoms with Gasteiger partial charge in [0, 0.05) is 69.6 Å². The summed E-state index contributed by atoms with van der Waals surface area (Å²) >= 11 is 0. The fraction of sp³-hybridized carbons (Fsp3) is 0.452. The summed E-state index contributed by atoms with van der Waals surface area (Å²) in [5, 5.41) is 7.07. The molecule has 5 heterocycles. The molecule has 0 atom stereocenters. The molecule has 0 bridgehead atoms. The molecular formula is C31H40N6O4W. The number of aromatic nitrogens is 1. The molecule has 11 heteroatoms. The Morgan fingerprint density at radius 3 is 2.64 bits per heavy atom. The Hall–Kier alpha value is -3.20. The van der Waals surface area contributed by atoms with Crippen LogP contribution in [-0.2, 0) is 36.1 Å². The van der Waals surface area contributed by atoms with Crippen molar-refractivity contribution in [3.63, 3.8) is 0 Å². The first-order chi connectivity index (χ1) is 20.0. The Balaban J connectivity index is 0.000000540. The summed E-state index contributed by atoms with van der Waals surface area (Å²) in [4.78, 5) is 23.3. The van der Waals surface area contributed by atoms with Gasteiger partial charge in [-0.3, -0.25) is 5.32 Å². The summed E-state index contributed by atoms with van der Waals surface area (Å²) in [7, 11) is 1.25. The first-order valence-corrected chi connectivity index (χ1v) is 14.2. The standard InChI is InChI=1S/C26H28N5O3.C4H8O.CH4N.W/c1-4-7-18(33-19-14-17(3)23-21(15-19)29-23)16-22(27-5-2)31-12-9-26(10-13-31)20-8-6-11-28-24(20)30-25(32)34-26;1-2-4-5-3-1;1-2;/h5-6,8,11,14-16H,2,4,7,9-10,12-13H2,1,3H3,(H,28,30,32);1-4H2;2H,1H3;/q-1;;-1;+2/b18-16+,27-22?;;;. The minimum atomic E-state index is -0.678. The van der Waals surface area contributed by atoms with Gasteiger partial charge in [-0.1, -0.05) is 19.1 Å². The van der Waals surface area contributed by atoms with E-state index >= 15 is 0 Å². The summed E-state index contributed by atoms with van der Waals surface area (Å²) < 4.78 is 17.0. The number of amides is 1. The number of fused-ring (bicyclic) bond motifs is 3. The molecule has 0 aliphatic carbocycles. The predicted octanol–water partition coefficient (Wildman–Crippen LogP) is 7.66. The van der Waals surface area contributed by atoms with Crippen molar-refractivity contribution in [2.24, 2.45) is 4.99 Å². The summed E-state index contributed by atoms with van der Waals surface area (Å²) in [6, 6.07) is 7.84. The first-order valence-electron chi connectivity index (χ1n) is 14.2. The molecule has 224 valence electrons. The number of rotatable bonds is 6. The Bertz CT molecular complexity index is 1280. The topological polar surface area (TPSA) is 123 Å². The summed E-state index contributed by atoms with van der Waals surface area (Å²) in [5.74, 6) is 2.99. The summed E-state index contributed by atoms with van der Waals surface area (Å²) in [6.07, 6.45) is 10.3. The van der Waals surface area contributed by atoms with Gasteiger partial charge in [-0.15, -0.1) is 11.4 Å². The molecule has 10 nitrogen and oxygen atoms in total. The second kappa shape index (κ2) is 15.9. The van der Waals surface area contributed by atoms with E-state index in [1.807, 2.05) is 37.3 Å².